The third kappa shape index (κ3) is 4.19. The number of hydrogen-bond donors (Lipinski definition) is 1. The average Bonchev–Trinajstić information content (AvgIpc) is 2.27. The molecule has 0 aliphatic carbocycles. The van der Waals surface area contributed by atoms with Gasteiger partial charge in [-0.3, -0.25) is 0 Å². The van der Waals surface area contributed by atoms with Gasteiger partial charge in [0.1, 0.15) is 0 Å². The molecule has 2 unspecified atom stereocenters. The smallest absolute Gasteiger partial charge is 0.0294 e. The van der Waals surface area contributed by atoms with Crippen molar-refractivity contribution >= 4 is 0 Å². The number of rotatable bonds is 6. The molecule has 0 aliphatic heterocycles. The number of benzene rings is 1. The summed E-state index contributed by atoms with van der Waals surface area (Å²) < 4.78 is 0. The second kappa shape index (κ2) is 6.49. The molecule has 1 N–H and O–H groups in total. The van der Waals surface area contributed by atoms with Gasteiger partial charge in [-0.25, -0.2) is 0 Å². The summed E-state index contributed by atoms with van der Waals surface area (Å²) in [4.78, 5) is 0. The first-order chi connectivity index (χ1) is 7.63. The van der Waals surface area contributed by atoms with Gasteiger partial charge in [-0.1, -0.05) is 35.9 Å². The second-order valence-electron chi connectivity index (χ2n) is 4.57. The van der Waals surface area contributed by atoms with Crippen LogP contribution in [0.25, 0.3) is 0 Å². The van der Waals surface area contributed by atoms with Crippen LogP contribution < -0.4 is 5.32 Å². The average molecular weight is 217 g/mol. The van der Waals surface area contributed by atoms with Gasteiger partial charge in [-0.2, -0.15) is 0 Å². The summed E-state index contributed by atoms with van der Waals surface area (Å²) in [5.41, 5.74) is 2.67. The lowest BCUT2D eigenvalue weighted by Gasteiger charge is -2.20. The Hall–Kier alpha value is -1.08. The minimum absolute atomic E-state index is 0.417. The van der Waals surface area contributed by atoms with Crippen molar-refractivity contribution in [3.05, 3.63) is 48.0 Å². The van der Waals surface area contributed by atoms with Crippen molar-refractivity contribution in [1.29, 1.82) is 0 Å². The van der Waals surface area contributed by atoms with Crippen LogP contribution in [0, 0.1) is 6.92 Å². The van der Waals surface area contributed by atoms with Crippen LogP contribution in [-0.2, 0) is 0 Å². The van der Waals surface area contributed by atoms with E-state index in [0.717, 1.165) is 12.8 Å². The van der Waals surface area contributed by atoms with Crippen LogP contribution in [-0.4, -0.2) is 6.04 Å². The van der Waals surface area contributed by atoms with Crippen LogP contribution in [0.1, 0.15) is 43.9 Å². The molecule has 1 aromatic rings. The molecule has 0 radical (unpaired) electrons. The van der Waals surface area contributed by atoms with Crippen molar-refractivity contribution < 1.29 is 0 Å². The standard InChI is InChI=1S/C15H23N/c1-5-6-7-13(3)16-14(4)15-10-8-12(2)9-11-15/h5,8-11,13-14,16H,1,6-7H2,2-4H3. The molecule has 0 saturated carbocycles. The van der Waals surface area contributed by atoms with E-state index < -0.39 is 0 Å². The summed E-state index contributed by atoms with van der Waals surface area (Å²) in [5, 5.41) is 3.60. The molecule has 0 saturated heterocycles. The van der Waals surface area contributed by atoms with Gasteiger partial charge in [0.25, 0.3) is 0 Å². The highest BCUT2D eigenvalue weighted by atomic mass is 14.9. The van der Waals surface area contributed by atoms with Crippen molar-refractivity contribution in [3.63, 3.8) is 0 Å². The summed E-state index contributed by atoms with van der Waals surface area (Å²) in [5.74, 6) is 0. The molecule has 0 aliphatic rings. The summed E-state index contributed by atoms with van der Waals surface area (Å²) in [7, 11) is 0. The number of aryl methyl sites for hydroxylation is 1. The Labute approximate surface area is 99.6 Å². The Kier molecular flexibility index (Phi) is 5.27. The van der Waals surface area contributed by atoms with Crippen LogP contribution in [0.5, 0.6) is 0 Å². The number of nitrogens with one attached hydrogen (secondary N) is 1. The molecule has 1 aromatic carbocycles. The van der Waals surface area contributed by atoms with Gasteiger partial charge in [-0.05, 0) is 39.2 Å². The van der Waals surface area contributed by atoms with Gasteiger partial charge in [0.05, 0.1) is 0 Å². The number of allylic oxidation sites excluding steroid dienone is 1. The minimum atomic E-state index is 0.417. The maximum atomic E-state index is 3.75. The first kappa shape index (κ1) is 13.0. The lowest BCUT2D eigenvalue weighted by atomic mass is 10.0. The zero-order valence-electron chi connectivity index (χ0n) is 10.7. The SMILES string of the molecule is C=CCCC(C)NC(C)c1ccc(C)cc1. The normalized spacial score (nSPS) is 14.4. The molecule has 0 aromatic heterocycles. The van der Waals surface area contributed by atoms with E-state index in [2.05, 4.69) is 56.9 Å². The molecule has 1 heteroatoms. The largest absolute Gasteiger partial charge is 0.308 e. The Bertz CT molecular complexity index is 313. The predicted octanol–water partition coefficient (Wildman–Crippen LogP) is 4.00. The van der Waals surface area contributed by atoms with E-state index in [-0.39, 0.29) is 0 Å². The topological polar surface area (TPSA) is 12.0 Å². The molecule has 0 fully saturated rings. The van der Waals surface area contributed by atoms with Crippen LogP contribution >= 0.6 is 0 Å². The van der Waals surface area contributed by atoms with E-state index in [9.17, 15) is 0 Å². The Balaban J connectivity index is 2.48. The fourth-order valence-corrected chi connectivity index (χ4v) is 1.83. The lowest BCUT2D eigenvalue weighted by Crippen LogP contribution is -2.28. The first-order valence-electron chi connectivity index (χ1n) is 6.07. The van der Waals surface area contributed by atoms with Gasteiger partial charge in [0.15, 0.2) is 0 Å². The third-order valence-electron chi connectivity index (χ3n) is 2.92. The second-order valence-corrected chi connectivity index (χ2v) is 4.57. The zero-order valence-corrected chi connectivity index (χ0v) is 10.7. The van der Waals surface area contributed by atoms with E-state index in [4.69, 9.17) is 0 Å². The van der Waals surface area contributed by atoms with E-state index in [1.807, 2.05) is 6.08 Å². The Morgan fingerprint density at radius 3 is 2.44 bits per heavy atom. The molecule has 0 heterocycles. The van der Waals surface area contributed by atoms with Gasteiger partial charge < -0.3 is 5.32 Å². The highest BCUT2D eigenvalue weighted by molar-refractivity contribution is 5.23. The molecule has 0 amide bonds. The van der Waals surface area contributed by atoms with E-state index in [1.54, 1.807) is 0 Å². The molecule has 0 spiro atoms. The highest BCUT2D eigenvalue weighted by Gasteiger charge is 2.08. The predicted molar refractivity (Wildman–Crippen MR) is 71.6 cm³/mol. The lowest BCUT2D eigenvalue weighted by molar-refractivity contribution is 0.459. The van der Waals surface area contributed by atoms with Gasteiger partial charge in [-0.15, -0.1) is 6.58 Å². The maximum absolute atomic E-state index is 3.75. The third-order valence-corrected chi connectivity index (χ3v) is 2.92. The molecule has 1 nitrogen and oxygen atoms in total. The van der Waals surface area contributed by atoms with E-state index in [0.29, 0.717) is 12.1 Å². The van der Waals surface area contributed by atoms with Crippen LogP contribution in [0.2, 0.25) is 0 Å². The zero-order chi connectivity index (χ0) is 12.0. The van der Waals surface area contributed by atoms with Crippen molar-refractivity contribution in [2.24, 2.45) is 0 Å². The molecular weight excluding hydrogens is 194 g/mol. The number of hydrogen-bond acceptors (Lipinski definition) is 1. The Morgan fingerprint density at radius 2 is 1.88 bits per heavy atom. The molecule has 1 rings (SSSR count). The summed E-state index contributed by atoms with van der Waals surface area (Å²) in [6.45, 7) is 10.3. The summed E-state index contributed by atoms with van der Waals surface area (Å²) in [6, 6.07) is 9.69. The maximum Gasteiger partial charge on any atom is 0.0294 e. The van der Waals surface area contributed by atoms with E-state index >= 15 is 0 Å². The highest BCUT2D eigenvalue weighted by Crippen LogP contribution is 2.14. The molecule has 16 heavy (non-hydrogen) atoms. The summed E-state index contributed by atoms with van der Waals surface area (Å²) in [6.07, 6.45) is 4.21. The van der Waals surface area contributed by atoms with Crippen molar-refractivity contribution in [1.82, 2.24) is 5.32 Å². The monoisotopic (exact) mass is 217 g/mol. The van der Waals surface area contributed by atoms with E-state index in [1.165, 1.54) is 11.1 Å². The fourth-order valence-electron chi connectivity index (χ4n) is 1.83. The molecular formula is C15H23N. The van der Waals surface area contributed by atoms with Crippen molar-refractivity contribution in [3.8, 4) is 0 Å². The van der Waals surface area contributed by atoms with Crippen LogP contribution in [0.3, 0.4) is 0 Å². The van der Waals surface area contributed by atoms with Gasteiger partial charge >= 0.3 is 0 Å². The van der Waals surface area contributed by atoms with Crippen molar-refractivity contribution in [2.75, 3.05) is 0 Å². The van der Waals surface area contributed by atoms with Crippen molar-refractivity contribution in [2.45, 2.75) is 45.7 Å². The molecule has 88 valence electrons. The minimum Gasteiger partial charge on any atom is -0.308 e. The van der Waals surface area contributed by atoms with Crippen LogP contribution in [0.15, 0.2) is 36.9 Å². The molecule has 0 bridgehead atoms. The summed E-state index contributed by atoms with van der Waals surface area (Å²) >= 11 is 0. The quantitative estimate of drug-likeness (QED) is 0.710. The van der Waals surface area contributed by atoms with Gasteiger partial charge in [0, 0.05) is 12.1 Å². The van der Waals surface area contributed by atoms with Crippen LogP contribution in [0.4, 0.5) is 0 Å². The molecule has 2 atom stereocenters. The fraction of sp³-hybridized carbons (Fsp3) is 0.467. The van der Waals surface area contributed by atoms with Gasteiger partial charge in [0.2, 0.25) is 0 Å². The first-order valence-corrected chi connectivity index (χ1v) is 6.07. The Morgan fingerprint density at radius 1 is 1.25 bits per heavy atom.